The average molecular weight is 449 g/mol. The third-order valence-corrected chi connectivity index (χ3v) is 10.5. The second kappa shape index (κ2) is 14.3. The standard InChI is InChI=1S/C30H60N2/c1-7-25-19-17-21-29(9-3,10-4)27(25)31-23-15-13-14-16-24-32-28-26(8-2)20-18-22-30(28,11-5)12-6/h25-28,31-32H,7-24H2,1-6H3. The minimum Gasteiger partial charge on any atom is -0.313 e. The molecule has 4 atom stereocenters. The van der Waals surface area contributed by atoms with Gasteiger partial charge in [-0.05, 0) is 100.0 Å². The normalized spacial score (nSPS) is 29.8. The number of rotatable bonds is 15. The first kappa shape index (κ1) is 28.2. The van der Waals surface area contributed by atoms with Crippen LogP contribution in [0.4, 0.5) is 0 Å². The monoisotopic (exact) mass is 448 g/mol. The van der Waals surface area contributed by atoms with Crippen molar-refractivity contribution in [3.63, 3.8) is 0 Å². The van der Waals surface area contributed by atoms with Gasteiger partial charge in [-0.25, -0.2) is 0 Å². The van der Waals surface area contributed by atoms with E-state index in [1.54, 1.807) is 0 Å². The fraction of sp³-hybridized carbons (Fsp3) is 1.00. The Morgan fingerprint density at radius 2 is 0.938 bits per heavy atom. The Labute approximate surface area is 202 Å². The molecule has 2 saturated carbocycles. The second-order valence-electron chi connectivity index (χ2n) is 11.5. The Kier molecular flexibility index (Phi) is 12.6. The van der Waals surface area contributed by atoms with Gasteiger partial charge in [0.25, 0.3) is 0 Å². The number of nitrogens with one attached hydrogen (secondary N) is 2. The molecule has 0 aromatic heterocycles. The predicted molar refractivity (Wildman–Crippen MR) is 143 cm³/mol. The molecule has 4 unspecified atom stereocenters. The molecule has 0 spiro atoms. The van der Waals surface area contributed by atoms with E-state index in [1.165, 1.54) is 116 Å². The van der Waals surface area contributed by atoms with Crippen LogP contribution < -0.4 is 10.6 Å². The molecule has 2 fully saturated rings. The molecule has 0 aliphatic heterocycles. The highest BCUT2D eigenvalue weighted by molar-refractivity contribution is 4.98. The van der Waals surface area contributed by atoms with Gasteiger partial charge in [-0.15, -0.1) is 0 Å². The van der Waals surface area contributed by atoms with Crippen molar-refractivity contribution in [2.45, 2.75) is 156 Å². The van der Waals surface area contributed by atoms with E-state index >= 15 is 0 Å². The Morgan fingerprint density at radius 1 is 0.562 bits per heavy atom. The summed E-state index contributed by atoms with van der Waals surface area (Å²) in [4.78, 5) is 0. The second-order valence-corrected chi connectivity index (χ2v) is 11.5. The van der Waals surface area contributed by atoms with Crippen molar-refractivity contribution in [3.8, 4) is 0 Å². The Hall–Kier alpha value is -0.0800. The van der Waals surface area contributed by atoms with E-state index in [9.17, 15) is 0 Å². The van der Waals surface area contributed by atoms with Gasteiger partial charge >= 0.3 is 0 Å². The summed E-state index contributed by atoms with van der Waals surface area (Å²) in [6.07, 6.45) is 22.2. The van der Waals surface area contributed by atoms with Gasteiger partial charge in [0.1, 0.15) is 0 Å². The van der Waals surface area contributed by atoms with Crippen LogP contribution in [0.25, 0.3) is 0 Å². The molecule has 0 radical (unpaired) electrons. The minimum absolute atomic E-state index is 0.559. The molecule has 2 N–H and O–H groups in total. The number of hydrogen-bond donors (Lipinski definition) is 2. The van der Waals surface area contributed by atoms with Crippen LogP contribution in [0.15, 0.2) is 0 Å². The van der Waals surface area contributed by atoms with E-state index in [2.05, 4.69) is 52.2 Å². The third-order valence-electron chi connectivity index (χ3n) is 10.5. The topological polar surface area (TPSA) is 24.1 Å². The van der Waals surface area contributed by atoms with Gasteiger partial charge in [-0.3, -0.25) is 0 Å². The Morgan fingerprint density at radius 3 is 1.25 bits per heavy atom. The zero-order chi connectivity index (χ0) is 23.5. The predicted octanol–water partition coefficient (Wildman–Crippen LogP) is 8.50. The maximum Gasteiger partial charge on any atom is 0.0151 e. The quantitative estimate of drug-likeness (QED) is 0.245. The molecule has 0 bridgehead atoms. The molecule has 0 heterocycles. The lowest BCUT2D eigenvalue weighted by molar-refractivity contribution is 0.0616. The molecular weight excluding hydrogens is 388 g/mol. The van der Waals surface area contributed by atoms with E-state index in [0.29, 0.717) is 10.8 Å². The third kappa shape index (κ3) is 6.74. The Balaban J connectivity index is 1.70. The lowest BCUT2D eigenvalue weighted by Crippen LogP contribution is -2.52. The summed E-state index contributed by atoms with van der Waals surface area (Å²) in [6, 6.07) is 1.51. The van der Waals surface area contributed by atoms with E-state index in [1.807, 2.05) is 0 Å². The molecule has 0 saturated heterocycles. The van der Waals surface area contributed by atoms with Crippen molar-refractivity contribution in [1.29, 1.82) is 0 Å². The van der Waals surface area contributed by atoms with Crippen molar-refractivity contribution >= 4 is 0 Å². The molecule has 2 heteroatoms. The van der Waals surface area contributed by atoms with Crippen molar-refractivity contribution < 1.29 is 0 Å². The maximum absolute atomic E-state index is 4.08. The van der Waals surface area contributed by atoms with Gasteiger partial charge in [-0.2, -0.15) is 0 Å². The van der Waals surface area contributed by atoms with Crippen LogP contribution in [0.3, 0.4) is 0 Å². The molecule has 0 aromatic carbocycles. The summed E-state index contributed by atoms with van der Waals surface area (Å²) in [6.45, 7) is 17.0. The maximum atomic E-state index is 4.08. The van der Waals surface area contributed by atoms with Gasteiger partial charge in [0.05, 0.1) is 0 Å². The van der Waals surface area contributed by atoms with Crippen LogP contribution in [-0.2, 0) is 0 Å². The first-order chi connectivity index (χ1) is 15.6. The van der Waals surface area contributed by atoms with Crippen LogP contribution in [-0.4, -0.2) is 25.2 Å². The zero-order valence-corrected chi connectivity index (χ0v) is 23.0. The first-order valence-electron chi connectivity index (χ1n) is 15.0. The Bertz CT molecular complexity index is 435. The van der Waals surface area contributed by atoms with Gasteiger partial charge in [0, 0.05) is 12.1 Å². The van der Waals surface area contributed by atoms with Crippen LogP contribution in [0.2, 0.25) is 0 Å². The highest BCUT2D eigenvalue weighted by atomic mass is 15.0. The lowest BCUT2D eigenvalue weighted by Gasteiger charge is -2.48. The van der Waals surface area contributed by atoms with Gasteiger partial charge in [0.2, 0.25) is 0 Å². The van der Waals surface area contributed by atoms with Gasteiger partial charge in [-0.1, -0.05) is 80.1 Å². The summed E-state index contributed by atoms with van der Waals surface area (Å²) in [7, 11) is 0. The summed E-state index contributed by atoms with van der Waals surface area (Å²) >= 11 is 0. The average Bonchev–Trinajstić information content (AvgIpc) is 2.85. The van der Waals surface area contributed by atoms with Crippen LogP contribution >= 0.6 is 0 Å². The van der Waals surface area contributed by atoms with Crippen LogP contribution in [0, 0.1) is 22.7 Å². The van der Waals surface area contributed by atoms with Crippen molar-refractivity contribution in [1.82, 2.24) is 10.6 Å². The smallest absolute Gasteiger partial charge is 0.0151 e. The van der Waals surface area contributed by atoms with Crippen molar-refractivity contribution in [2.24, 2.45) is 22.7 Å². The SMILES string of the molecule is CCC1CCCC(CC)(CC)C1NCCCCCCNC1C(CC)CCCC1(CC)CC. The van der Waals surface area contributed by atoms with E-state index in [-0.39, 0.29) is 0 Å². The van der Waals surface area contributed by atoms with Crippen LogP contribution in [0.5, 0.6) is 0 Å². The molecular formula is C30H60N2. The molecule has 0 aromatic rings. The molecule has 32 heavy (non-hydrogen) atoms. The van der Waals surface area contributed by atoms with Crippen molar-refractivity contribution in [3.05, 3.63) is 0 Å². The van der Waals surface area contributed by atoms with E-state index in [0.717, 1.165) is 23.9 Å². The lowest BCUT2D eigenvalue weighted by atomic mass is 9.62. The molecule has 2 nitrogen and oxygen atoms in total. The number of hydrogen-bond acceptors (Lipinski definition) is 2. The molecule has 0 amide bonds. The fourth-order valence-corrected chi connectivity index (χ4v) is 7.93. The number of unbranched alkanes of at least 4 members (excludes halogenated alkanes) is 3. The molecule has 2 aliphatic rings. The zero-order valence-electron chi connectivity index (χ0n) is 23.0. The van der Waals surface area contributed by atoms with Crippen molar-refractivity contribution in [2.75, 3.05) is 13.1 Å². The summed E-state index contributed by atoms with van der Waals surface area (Å²) < 4.78 is 0. The highest BCUT2D eigenvalue weighted by Gasteiger charge is 2.43. The first-order valence-corrected chi connectivity index (χ1v) is 15.0. The molecule has 190 valence electrons. The van der Waals surface area contributed by atoms with Crippen LogP contribution in [0.1, 0.15) is 144 Å². The summed E-state index contributed by atoms with van der Waals surface area (Å²) in [5, 5.41) is 8.16. The molecule has 2 rings (SSSR count). The minimum atomic E-state index is 0.559. The fourth-order valence-electron chi connectivity index (χ4n) is 7.93. The van der Waals surface area contributed by atoms with Gasteiger partial charge < -0.3 is 10.6 Å². The largest absolute Gasteiger partial charge is 0.313 e. The molecule has 2 aliphatic carbocycles. The van der Waals surface area contributed by atoms with E-state index < -0.39 is 0 Å². The van der Waals surface area contributed by atoms with E-state index in [4.69, 9.17) is 0 Å². The highest BCUT2D eigenvalue weighted by Crippen LogP contribution is 2.46. The summed E-state index contributed by atoms with van der Waals surface area (Å²) in [5.41, 5.74) is 1.12. The van der Waals surface area contributed by atoms with Gasteiger partial charge in [0.15, 0.2) is 0 Å². The summed E-state index contributed by atoms with van der Waals surface area (Å²) in [5.74, 6) is 1.79.